The van der Waals surface area contributed by atoms with E-state index in [1.54, 1.807) is 30.6 Å². The molecule has 0 atom stereocenters. The van der Waals surface area contributed by atoms with Crippen LogP contribution < -0.4 is 10.9 Å². The van der Waals surface area contributed by atoms with Crippen LogP contribution in [0.2, 0.25) is 0 Å². The van der Waals surface area contributed by atoms with Crippen molar-refractivity contribution in [1.82, 2.24) is 19.9 Å². The Bertz CT molecular complexity index is 787. The number of halogens is 1. The average Bonchev–Trinajstić information content (AvgIpc) is 2.41. The van der Waals surface area contributed by atoms with Gasteiger partial charge in [0.2, 0.25) is 11.9 Å². The van der Waals surface area contributed by atoms with Gasteiger partial charge in [0.15, 0.2) is 0 Å². The van der Waals surface area contributed by atoms with Gasteiger partial charge in [-0.25, -0.2) is 15.0 Å². The Labute approximate surface area is 116 Å². The molecule has 0 unspecified atom stereocenters. The van der Waals surface area contributed by atoms with Crippen molar-refractivity contribution in [1.29, 1.82) is 0 Å². The number of H-pyrrole nitrogens is 1. The molecule has 2 heterocycles. The Morgan fingerprint density at radius 3 is 2.79 bits per heavy atom. The zero-order valence-corrected chi connectivity index (χ0v) is 11.2. The first kappa shape index (κ1) is 11.8. The molecular weight excluding hydrogens is 310 g/mol. The molecule has 94 valence electrons. The molecule has 0 bridgehead atoms. The number of aromatic amines is 1. The Morgan fingerprint density at radius 1 is 1.21 bits per heavy atom. The van der Waals surface area contributed by atoms with Crippen LogP contribution in [0.25, 0.3) is 10.9 Å². The predicted molar refractivity (Wildman–Crippen MR) is 75.4 cm³/mol. The molecule has 0 aliphatic carbocycles. The van der Waals surface area contributed by atoms with Crippen LogP contribution in [0.3, 0.4) is 0 Å². The summed E-state index contributed by atoms with van der Waals surface area (Å²) >= 11 is 3.32. The van der Waals surface area contributed by atoms with E-state index in [1.807, 2.05) is 6.07 Å². The number of hydrogen-bond donors (Lipinski definition) is 2. The van der Waals surface area contributed by atoms with Gasteiger partial charge in [-0.3, -0.25) is 15.1 Å². The van der Waals surface area contributed by atoms with Gasteiger partial charge in [0.1, 0.15) is 0 Å². The molecule has 0 fully saturated rings. The van der Waals surface area contributed by atoms with Crippen molar-refractivity contribution in [2.75, 3.05) is 5.32 Å². The van der Waals surface area contributed by atoms with Crippen molar-refractivity contribution in [2.45, 2.75) is 0 Å². The molecule has 2 aromatic heterocycles. The monoisotopic (exact) mass is 317 g/mol. The Balaban J connectivity index is 2.07. The number of hydrogen-bond acceptors (Lipinski definition) is 5. The van der Waals surface area contributed by atoms with Gasteiger partial charge >= 0.3 is 0 Å². The van der Waals surface area contributed by atoms with Crippen LogP contribution in [0.1, 0.15) is 0 Å². The molecule has 0 saturated carbocycles. The minimum absolute atomic E-state index is 0.218. The lowest BCUT2D eigenvalue weighted by Gasteiger charge is -2.04. The maximum atomic E-state index is 11.9. The molecule has 7 heteroatoms. The van der Waals surface area contributed by atoms with Crippen molar-refractivity contribution in [3.05, 3.63) is 51.5 Å². The van der Waals surface area contributed by atoms with Crippen LogP contribution in [-0.2, 0) is 0 Å². The highest BCUT2D eigenvalue weighted by atomic mass is 79.9. The Kier molecular flexibility index (Phi) is 2.96. The summed E-state index contributed by atoms with van der Waals surface area (Å²) < 4.78 is 0.833. The molecule has 0 saturated heterocycles. The van der Waals surface area contributed by atoms with Crippen LogP contribution in [0.4, 0.5) is 11.9 Å². The minimum atomic E-state index is -0.218. The summed E-state index contributed by atoms with van der Waals surface area (Å²) in [6.45, 7) is 0. The third kappa shape index (κ3) is 2.45. The SMILES string of the molecule is O=c1[nH]c(Nc2ncccn2)nc2ccc(Br)cc12. The zero-order valence-electron chi connectivity index (χ0n) is 9.59. The van der Waals surface area contributed by atoms with Crippen LogP contribution in [-0.4, -0.2) is 19.9 Å². The van der Waals surface area contributed by atoms with E-state index >= 15 is 0 Å². The summed E-state index contributed by atoms with van der Waals surface area (Å²) in [7, 11) is 0. The fourth-order valence-electron chi connectivity index (χ4n) is 1.64. The van der Waals surface area contributed by atoms with E-state index in [-0.39, 0.29) is 5.56 Å². The topological polar surface area (TPSA) is 83.6 Å². The summed E-state index contributed by atoms with van der Waals surface area (Å²) in [6.07, 6.45) is 3.21. The molecule has 6 nitrogen and oxygen atoms in total. The lowest BCUT2D eigenvalue weighted by molar-refractivity contribution is 1.11. The molecule has 0 aliphatic rings. The van der Waals surface area contributed by atoms with E-state index in [4.69, 9.17) is 0 Å². The summed E-state index contributed by atoms with van der Waals surface area (Å²) in [5.74, 6) is 0.688. The number of anilines is 2. The molecule has 0 amide bonds. The number of fused-ring (bicyclic) bond motifs is 1. The first-order valence-corrected chi connectivity index (χ1v) is 6.25. The molecule has 0 radical (unpaired) electrons. The van der Waals surface area contributed by atoms with E-state index in [1.165, 1.54) is 0 Å². The van der Waals surface area contributed by atoms with Crippen LogP contribution in [0.5, 0.6) is 0 Å². The molecule has 0 spiro atoms. The van der Waals surface area contributed by atoms with Gasteiger partial charge < -0.3 is 0 Å². The van der Waals surface area contributed by atoms with Gasteiger partial charge in [-0.1, -0.05) is 15.9 Å². The van der Waals surface area contributed by atoms with E-state index in [0.717, 1.165) is 4.47 Å². The first-order valence-electron chi connectivity index (χ1n) is 5.46. The number of nitrogens with one attached hydrogen (secondary N) is 2. The summed E-state index contributed by atoms with van der Waals surface area (Å²) in [5.41, 5.74) is 0.384. The molecular formula is C12H8BrN5O. The van der Waals surface area contributed by atoms with Gasteiger partial charge in [-0.05, 0) is 24.3 Å². The van der Waals surface area contributed by atoms with Gasteiger partial charge in [0.05, 0.1) is 10.9 Å². The largest absolute Gasteiger partial charge is 0.294 e. The van der Waals surface area contributed by atoms with E-state index in [9.17, 15) is 4.79 Å². The zero-order chi connectivity index (χ0) is 13.2. The van der Waals surface area contributed by atoms with E-state index in [2.05, 4.69) is 41.2 Å². The second-order valence-corrected chi connectivity index (χ2v) is 4.69. The first-order chi connectivity index (χ1) is 9.22. The van der Waals surface area contributed by atoms with Crippen LogP contribution in [0, 0.1) is 0 Å². The van der Waals surface area contributed by atoms with Gasteiger partial charge in [0, 0.05) is 16.9 Å². The van der Waals surface area contributed by atoms with E-state index < -0.39 is 0 Å². The Morgan fingerprint density at radius 2 is 2.00 bits per heavy atom. The quantitative estimate of drug-likeness (QED) is 0.757. The lowest BCUT2D eigenvalue weighted by Crippen LogP contribution is -2.12. The highest BCUT2D eigenvalue weighted by Crippen LogP contribution is 2.16. The van der Waals surface area contributed by atoms with Crippen molar-refractivity contribution >= 4 is 38.7 Å². The predicted octanol–water partition coefficient (Wildman–Crippen LogP) is 2.22. The molecule has 3 aromatic rings. The lowest BCUT2D eigenvalue weighted by atomic mass is 10.2. The van der Waals surface area contributed by atoms with Crippen LogP contribution in [0.15, 0.2) is 45.9 Å². The average molecular weight is 318 g/mol. The van der Waals surface area contributed by atoms with E-state index in [0.29, 0.717) is 22.8 Å². The number of nitrogens with zero attached hydrogens (tertiary/aromatic N) is 3. The normalized spacial score (nSPS) is 10.6. The van der Waals surface area contributed by atoms with Gasteiger partial charge in [-0.15, -0.1) is 0 Å². The summed E-state index contributed by atoms with van der Waals surface area (Å²) in [6, 6.07) is 7.03. The molecule has 2 N–H and O–H groups in total. The Hall–Kier alpha value is -2.28. The van der Waals surface area contributed by atoms with Gasteiger partial charge in [0.25, 0.3) is 5.56 Å². The number of rotatable bonds is 2. The second kappa shape index (κ2) is 4.77. The van der Waals surface area contributed by atoms with Crippen molar-refractivity contribution in [3.63, 3.8) is 0 Å². The number of benzene rings is 1. The maximum absolute atomic E-state index is 11.9. The highest BCUT2D eigenvalue weighted by Gasteiger charge is 2.05. The molecule has 1 aromatic carbocycles. The third-order valence-electron chi connectivity index (χ3n) is 2.46. The fourth-order valence-corrected chi connectivity index (χ4v) is 2.00. The molecule has 0 aliphatic heterocycles. The standard InChI is InChI=1S/C12H8BrN5O/c13-7-2-3-9-8(6-7)10(19)17-12(16-9)18-11-14-4-1-5-15-11/h1-6H,(H2,14,15,16,17,18,19). The number of aromatic nitrogens is 4. The van der Waals surface area contributed by atoms with Crippen molar-refractivity contribution < 1.29 is 0 Å². The van der Waals surface area contributed by atoms with Crippen molar-refractivity contribution in [3.8, 4) is 0 Å². The smallest absolute Gasteiger partial charge is 0.260 e. The molecule has 19 heavy (non-hydrogen) atoms. The van der Waals surface area contributed by atoms with Crippen molar-refractivity contribution in [2.24, 2.45) is 0 Å². The summed E-state index contributed by atoms with van der Waals surface area (Å²) in [4.78, 5) is 26.9. The van der Waals surface area contributed by atoms with Gasteiger partial charge in [-0.2, -0.15) is 0 Å². The third-order valence-corrected chi connectivity index (χ3v) is 2.96. The molecule has 3 rings (SSSR count). The minimum Gasteiger partial charge on any atom is -0.294 e. The fraction of sp³-hybridized carbons (Fsp3) is 0. The summed E-state index contributed by atoms with van der Waals surface area (Å²) in [5, 5.41) is 3.37. The maximum Gasteiger partial charge on any atom is 0.260 e. The highest BCUT2D eigenvalue weighted by molar-refractivity contribution is 9.10. The second-order valence-electron chi connectivity index (χ2n) is 3.77. The van der Waals surface area contributed by atoms with Crippen LogP contribution >= 0.6 is 15.9 Å².